The first kappa shape index (κ1) is 14.1. The summed E-state index contributed by atoms with van der Waals surface area (Å²) in [4.78, 5) is 4.78. The van der Waals surface area contributed by atoms with E-state index in [1.807, 2.05) is 6.92 Å². The number of thiophene rings is 1. The molecule has 3 N–H and O–H groups in total. The molecule has 2 heterocycles. The number of hydrogen-bond acceptors (Lipinski definition) is 7. The number of nitrogens with two attached hydrogens (primary N) is 1. The second-order valence-corrected chi connectivity index (χ2v) is 7.07. The summed E-state index contributed by atoms with van der Waals surface area (Å²) >= 11 is 1.16. The third-order valence-corrected chi connectivity index (χ3v) is 5.57. The summed E-state index contributed by atoms with van der Waals surface area (Å²) in [6.07, 6.45) is 0. The summed E-state index contributed by atoms with van der Waals surface area (Å²) in [5.74, 6) is 0.694. The highest BCUT2D eigenvalue weighted by atomic mass is 32.2. The van der Waals surface area contributed by atoms with Crippen molar-refractivity contribution in [3.8, 4) is 0 Å². The van der Waals surface area contributed by atoms with E-state index in [1.165, 1.54) is 0 Å². The molecular formula is C10H14N4O3S2. The molecule has 0 radical (unpaired) electrons. The van der Waals surface area contributed by atoms with Crippen LogP contribution in [0.3, 0.4) is 0 Å². The molecule has 0 atom stereocenters. The zero-order valence-corrected chi connectivity index (χ0v) is 12.1. The zero-order valence-electron chi connectivity index (χ0n) is 10.5. The molecule has 0 unspecified atom stereocenters. The Morgan fingerprint density at radius 2 is 2.21 bits per heavy atom. The van der Waals surface area contributed by atoms with Crippen LogP contribution >= 0.6 is 11.3 Å². The third-order valence-electron chi connectivity index (χ3n) is 2.43. The molecule has 2 aromatic rings. The maximum atomic E-state index is 12.1. The van der Waals surface area contributed by atoms with Gasteiger partial charge in [0, 0.05) is 11.4 Å². The molecule has 0 saturated heterocycles. The van der Waals surface area contributed by atoms with Gasteiger partial charge in [0.15, 0.2) is 5.82 Å². The number of hydrogen-bond donors (Lipinski definition) is 2. The first-order valence-corrected chi connectivity index (χ1v) is 7.80. The molecule has 9 heteroatoms. The normalized spacial score (nSPS) is 11.9. The van der Waals surface area contributed by atoms with Gasteiger partial charge in [-0.3, -0.25) is 0 Å². The lowest BCUT2D eigenvalue weighted by Crippen LogP contribution is -2.22. The topological polar surface area (TPSA) is 111 Å². The highest BCUT2D eigenvalue weighted by Crippen LogP contribution is 2.25. The van der Waals surface area contributed by atoms with Crippen LogP contribution in [0.15, 0.2) is 14.8 Å². The van der Waals surface area contributed by atoms with Crippen LogP contribution in [-0.4, -0.2) is 18.6 Å². The Kier molecular flexibility index (Phi) is 3.99. The van der Waals surface area contributed by atoms with Gasteiger partial charge in [-0.1, -0.05) is 5.16 Å². The Labute approximate surface area is 114 Å². The van der Waals surface area contributed by atoms with Crippen molar-refractivity contribution < 1.29 is 12.9 Å². The average molecular weight is 302 g/mol. The maximum Gasteiger partial charge on any atom is 0.250 e. The Hall–Kier alpha value is -1.29. The van der Waals surface area contributed by atoms with Gasteiger partial charge in [-0.25, -0.2) is 13.1 Å². The number of aromatic nitrogens is 2. The summed E-state index contributed by atoms with van der Waals surface area (Å²) in [6.45, 7) is 3.80. The van der Waals surface area contributed by atoms with Gasteiger partial charge in [-0.2, -0.15) is 4.98 Å². The molecule has 0 fully saturated rings. The fourth-order valence-corrected chi connectivity index (χ4v) is 3.95. The molecule has 104 valence electrons. The van der Waals surface area contributed by atoms with Gasteiger partial charge in [-0.05, 0) is 25.5 Å². The fraction of sp³-hybridized carbons (Fsp3) is 0.400. The predicted octanol–water partition coefficient (Wildman–Crippen LogP) is 0.685. The zero-order chi connectivity index (χ0) is 14.0. The maximum absolute atomic E-state index is 12.1. The van der Waals surface area contributed by atoms with Crippen LogP contribution in [0.25, 0.3) is 0 Å². The summed E-state index contributed by atoms with van der Waals surface area (Å²) in [7, 11) is -3.58. The van der Waals surface area contributed by atoms with E-state index in [2.05, 4.69) is 14.9 Å². The van der Waals surface area contributed by atoms with E-state index in [4.69, 9.17) is 10.3 Å². The van der Waals surface area contributed by atoms with Crippen LogP contribution < -0.4 is 10.5 Å². The average Bonchev–Trinajstić information content (AvgIpc) is 2.93. The van der Waals surface area contributed by atoms with Crippen molar-refractivity contribution in [3.05, 3.63) is 28.2 Å². The van der Waals surface area contributed by atoms with E-state index in [0.29, 0.717) is 12.4 Å². The first-order chi connectivity index (χ1) is 8.92. The third kappa shape index (κ3) is 3.18. The van der Waals surface area contributed by atoms with Gasteiger partial charge in [0.25, 0.3) is 10.0 Å². The van der Waals surface area contributed by atoms with Crippen molar-refractivity contribution in [2.45, 2.75) is 31.1 Å². The second kappa shape index (κ2) is 5.37. The molecule has 0 aliphatic carbocycles. The van der Waals surface area contributed by atoms with E-state index in [1.54, 1.807) is 13.0 Å². The molecule has 0 amide bonds. The number of sulfonamides is 1. The van der Waals surface area contributed by atoms with Crippen molar-refractivity contribution in [1.29, 1.82) is 0 Å². The van der Waals surface area contributed by atoms with E-state index in [-0.39, 0.29) is 16.6 Å². The van der Waals surface area contributed by atoms with E-state index in [0.717, 1.165) is 21.8 Å². The Balaban J connectivity index is 2.13. The lowest BCUT2D eigenvalue weighted by molar-refractivity contribution is 0.372. The van der Waals surface area contributed by atoms with Crippen LogP contribution in [0.4, 0.5) is 0 Å². The summed E-state index contributed by atoms with van der Waals surface area (Å²) in [6, 6.07) is 1.61. The lowest BCUT2D eigenvalue weighted by Gasteiger charge is -2.00. The first-order valence-electron chi connectivity index (χ1n) is 5.50. The molecule has 19 heavy (non-hydrogen) atoms. The van der Waals surface area contributed by atoms with E-state index >= 15 is 0 Å². The molecule has 0 saturated carbocycles. The molecular weight excluding hydrogens is 288 g/mol. The minimum absolute atomic E-state index is 0.0297. The molecule has 0 aromatic carbocycles. The predicted molar refractivity (Wildman–Crippen MR) is 70.0 cm³/mol. The SMILES string of the molecule is Cc1noc(CNS(=O)(=O)c2cc(C)c(CN)s2)n1. The molecule has 0 aliphatic heterocycles. The fourth-order valence-electron chi connectivity index (χ4n) is 1.46. The van der Waals surface area contributed by atoms with Gasteiger partial charge in [0.2, 0.25) is 5.89 Å². The molecule has 0 aliphatic rings. The van der Waals surface area contributed by atoms with Crippen LogP contribution in [0.5, 0.6) is 0 Å². The molecule has 0 spiro atoms. The van der Waals surface area contributed by atoms with Crippen molar-refractivity contribution >= 4 is 21.4 Å². The highest BCUT2D eigenvalue weighted by molar-refractivity contribution is 7.91. The number of nitrogens with zero attached hydrogens (tertiary/aromatic N) is 2. The Morgan fingerprint density at radius 1 is 1.47 bits per heavy atom. The molecule has 0 bridgehead atoms. The van der Waals surface area contributed by atoms with Crippen LogP contribution in [-0.2, 0) is 23.1 Å². The lowest BCUT2D eigenvalue weighted by atomic mass is 10.3. The van der Waals surface area contributed by atoms with E-state index < -0.39 is 10.0 Å². The molecule has 2 aromatic heterocycles. The number of aryl methyl sites for hydroxylation is 2. The summed E-state index contributed by atoms with van der Waals surface area (Å²) < 4.78 is 31.6. The van der Waals surface area contributed by atoms with Crippen LogP contribution in [0, 0.1) is 13.8 Å². The minimum Gasteiger partial charge on any atom is -0.338 e. The van der Waals surface area contributed by atoms with Gasteiger partial charge in [0.05, 0.1) is 6.54 Å². The van der Waals surface area contributed by atoms with Gasteiger partial charge in [-0.15, -0.1) is 11.3 Å². The number of rotatable bonds is 5. The van der Waals surface area contributed by atoms with Crippen LogP contribution in [0.2, 0.25) is 0 Å². The highest BCUT2D eigenvalue weighted by Gasteiger charge is 2.19. The van der Waals surface area contributed by atoms with Crippen molar-refractivity contribution in [1.82, 2.24) is 14.9 Å². The second-order valence-electron chi connectivity index (χ2n) is 3.94. The van der Waals surface area contributed by atoms with Crippen molar-refractivity contribution in [2.24, 2.45) is 5.73 Å². The standard InChI is InChI=1S/C10H14N4O3S2/c1-6-3-10(18-8(6)4-11)19(15,16)12-5-9-13-7(2)14-17-9/h3,12H,4-5,11H2,1-2H3. The monoisotopic (exact) mass is 302 g/mol. The van der Waals surface area contributed by atoms with Crippen molar-refractivity contribution in [2.75, 3.05) is 0 Å². The van der Waals surface area contributed by atoms with Crippen molar-refractivity contribution in [3.63, 3.8) is 0 Å². The largest absolute Gasteiger partial charge is 0.338 e. The summed E-state index contributed by atoms with van der Waals surface area (Å²) in [5.41, 5.74) is 6.41. The van der Waals surface area contributed by atoms with Gasteiger partial charge < -0.3 is 10.3 Å². The number of nitrogens with one attached hydrogen (secondary N) is 1. The quantitative estimate of drug-likeness (QED) is 0.840. The Morgan fingerprint density at radius 3 is 2.74 bits per heavy atom. The van der Waals surface area contributed by atoms with Gasteiger partial charge >= 0.3 is 0 Å². The molecule has 7 nitrogen and oxygen atoms in total. The Bertz CT molecular complexity index is 675. The van der Waals surface area contributed by atoms with Crippen LogP contribution in [0.1, 0.15) is 22.2 Å². The minimum atomic E-state index is -3.58. The van der Waals surface area contributed by atoms with Gasteiger partial charge in [0.1, 0.15) is 4.21 Å². The summed E-state index contributed by atoms with van der Waals surface area (Å²) in [5, 5.41) is 3.59. The van der Waals surface area contributed by atoms with E-state index in [9.17, 15) is 8.42 Å². The smallest absolute Gasteiger partial charge is 0.250 e. The molecule has 2 rings (SSSR count).